The number of nitrogens with zero attached hydrogens (tertiary/aromatic N) is 1. The van der Waals surface area contributed by atoms with Crippen molar-refractivity contribution in [3.05, 3.63) is 74.0 Å². The van der Waals surface area contributed by atoms with Crippen LogP contribution < -0.4 is 10.7 Å². The standard InChI is InChI=1S/C19H15BrN2O2/c1-11-4-2-3-5-16(11)21-19(24)15-10-22-7-6-12-8-13(20)9-14(17(12)22)18(15)23/h2-5,8-10H,6-7H2,1H3,(H,21,24). The first kappa shape index (κ1) is 15.1. The van der Waals surface area contributed by atoms with Crippen LogP contribution in [0, 0.1) is 6.92 Å². The van der Waals surface area contributed by atoms with Gasteiger partial charge in [-0.05, 0) is 42.7 Å². The molecule has 1 aliphatic rings. The fourth-order valence-electron chi connectivity index (χ4n) is 3.26. The number of hydrogen-bond acceptors (Lipinski definition) is 2. The van der Waals surface area contributed by atoms with Crippen LogP contribution in [0.2, 0.25) is 0 Å². The van der Waals surface area contributed by atoms with Crippen LogP contribution in [0.25, 0.3) is 10.9 Å². The van der Waals surface area contributed by atoms with Crippen molar-refractivity contribution in [2.24, 2.45) is 0 Å². The van der Waals surface area contributed by atoms with Gasteiger partial charge in [0.05, 0.1) is 5.52 Å². The second kappa shape index (κ2) is 5.60. The molecule has 0 saturated heterocycles. The van der Waals surface area contributed by atoms with E-state index in [1.807, 2.05) is 41.8 Å². The van der Waals surface area contributed by atoms with Gasteiger partial charge in [-0.1, -0.05) is 34.1 Å². The minimum absolute atomic E-state index is 0.178. The zero-order valence-corrected chi connectivity index (χ0v) is 14.7. The number of nitrogens with one attached hydrogen (secondary N) is 1. The maximum absolute atomic E-state index is 12.8. The molecule has 1 aliphatic heterocycles. The molecule has 0 aliphatic carbocycles. The molecule has 0 saturated carbocycles. The minimum Gasteiger partial charge on any atom is -0.346 e. The highest BCUT2D eigenvalue weighted by atomic mass is 79.9. The zero-order chi connectivity index (χ0) is 16.8. The molecule has 2 heterocycles. The third-order valence-electron chi connectivity index (χ3n) is 4.47. The Balaban J connectivity index is 1.84. The number of carbonyl (C=O) groups excluding carboxylic acids is 1. The monoisotopic (exact) mass is 382 g/mol. The summed E-state index contributed by atoms with van der Waals surface area (Å²) in [4.78, 5) is 25.5. The van der Waals surface area contributed by atoms with E-state index in [9.17, 15) is 9.59 Å². The van der Waals surface area contributed by atoms with Crippen molar-refractivity contribution in [1.29, 1.82) is 0 Å². The molecule has 0 atom stereocenters. The fraction of sp³-hybridized carbons (Fsp3) is 0.158. The first-order chi connectivity index (χ1) is 11.5. The van der Waals surface area contributed by atoms with Crippen LogP contribution in [-0.2, 0) is 13.0 Å². The zero-order valence-electron chi connectivity index (χ0n) is 13.1. The maximum atomic E-state index is 12.8. The van der Waals surface area contributed by atoms with Gasteiger partial charge in [0.1, 0.15) is 5.56 Å². The van der Waals surface area contributed by atoms with Gasteiger partial charge in [0.15, 0.2) is 0 Å². The van der Waals surface area contributed by atoms with E-state index in [1.54, 1.807) is 12.3 Å². The Morgan fingerprint density at radius 1 is 1.25 bits per heavy atom. The normalized spacial score (nSPS) is 12.6. The lowest BCUT2D eigenvalue weighted by Crippen LogP contribution is -2.23. The third-order valence-corrected chi connectivity index (χ3v) is 4.93. The molecule has 0 radical (unpaired) electrons. The molecule has 4 rings (SSSR count). The van der Waals surface area contributed by atoms with Crippen LogP contribution >= 0.6 is 15.9 Å². The lowest BCUT2D eigenvalue weighted by molar-refractivity contribution is 0.102. The number of amides is 1. The molecular formula is C19H15BrN2O2. The second-order valence-corrected chi connectivity index (χ2v) is 6.96. The highest BCUT2D eigenvalue weighted by molar-refractivity contribution is 9.10. The van der Waals surface area contributed by atoms with Gasteiger partial charge in [-0.3, -0.25) is 9.59 Å². The van der Waals surface area contributed by atoms with Gasteiger partial charge in [-0.2, -0.15) is 0 Å². The van der Waals surface area contributed by atoms with E-state index in [1.165, 1.54) is 0 Å². The number of aromatic nitrogens is 1. The molecule has 2 aromatic carbocycles. The van der Waals surface area contributed by atoms with Gasteiger partial charge in [0.2, 0.25) is 5.43 Å². The SMILES string of the molecule is Cc1ccccc1NC(=O)c1cn2c3c(cc(Br)cc3c1=O)CC2. The summed E-state index contributed by atoms with van der Waals surface area (Å²) in [6, 6.07) is 11.4. The van der Waals surface area contributed by atoms with Crippen molar-refractivity contribution < 1.29 is 4.79 Å². The molecule has 0 bridgehead atoms. The first-order valence-corrected chi connectivity index (χ1v) is 8.56. The number of anilines is 1. The van der Waals surface area contributed by atoms with E-state index in [0.29, 0.717) is 5.39 Å². The lowest BCUT2D eigenvalue weighted by atomic mass is 10.1. The molecule has 0 unspecified atom stereocenters. The van der Waals surface area contributed by atoms with Crippen molar-refractivity contribution in [3.63, 3.8) is 0 Å². The number of hydrogen-bond donors (Lipinski definition) is 1. The van der Waals surface area contributed by atoms with E-state index in [-0.39, 0.29) is 16.9 Å². The lowest BCUT2D eigenvalue weighted by Gasteiger charge is -2.11. The van der Waals surface area contributed by atoms with E-state index < -0.39 is 0 Å². The number of carbonyl (C=O) groups is 1. The maximum Gasteiger partial charge on any atom is 0.261 e. The summed E-state index contributed by atoms with van der Waals surface area (Å²) in [6.45, 7) is 2.71. The van der Waals surface area contributed by atoms with E-state index in [2.05, 4.69) is 21.2 Å². The quantitative estimate of drug-likeness (QED) is 0.730. The molecule has 1 N–H and O–H groups in total. The van der Waals surface area contributed by atoms with Crippen LogP contribution in [0.5, 0.6) is 0 Å². The Morgan fingerprint density at radius 3 is 2.83 bits per heavy atom. The van der Waals surface area contributed by atoms with E-state index >= 15 is 0 Å². The van der Waals surface area contributed by atoms with Crippen LogP contribution in [0.15, 0.2) is 51.9 Å². The van der Waals surface area contributed by atoms with Gasteiger partial charge < -0.3 is 9.88 Å². The molecule has 5 heteroatoms. The topological polar surface area (TPSA) is 51.1 Å². The highest BCUT2D eigenvalue weighted by Crippen LogP contribution is 2.28. The van der Waals surface area contributed by atoms with Gasteiger partial charge in [-0.15, -0.1) is 0 Å². The smallest absolute Gasteiger partial charge is 0.261 e. The summed E-state index contributed by atoms with van der Waals surface area (Å²) in [5.41, 5.74) is 3.71. The molecule has 120 valence electrons. The van der Waals surface area contributed by atoms with Crippen molar-refractivity contribution in [3.8, 4) is 0 Å². The van der Waals surface area contributed by atoms with E-state index in [4.69, 9.17) is 0 Å². The van der Waals surface area contributed by atoms with E-state index in [0.717, 1.165) is 39.8 Å². The number of para-hydroxylation sites is 1. The van der Waals surface area contributed by atoms with Gasteiger partial charge >= 0.3 is 0 Å². The Labute approximate surface area is 147 Å². The second-order valence-electron chi connectivity index (χ2n) is 6.05. The summed E-state index contributed by atoms with van der Waals surface area (Å²) in [6.07, 6.45) is 2.56. The molecule has 1 aromatic heterocycles. The predicted molar refractivity (Wildman–Crippen MR) is 98.7 cm³/mol. The summed E-state index contributed by atoms with van der Waals surface area (Å²) in [5.74, 6) is -0.367. The molecule has 24 heavy (non-hydrogen) atoms. The average Bonchev–Trinajstić information content (AvgIpc) is 2.96. The van der Waals surface area contributed by atoms with Crippen LogP contribution in [0.4, 0.5) is 5.69 Å². The number of benzene rings is 2. The van der Waals surface area contributed by atoms with Gasteiger partial charge in [0.25, 0.3) is 5.91 Å². The number of aryl methyl sites for hydroxylation is 3. The molecule has 4 nitrogen and oxygen atoms in total. The van der Waals surface area contributed by atoms with Crippen molar-refractivity contribution in [2.75, 3.05) is 5.32 Å². The largest absolute Gasteiger partial charge is 0.346 e. The minimum atomic E-state index is -0.367. The Hall–Kier alpha value is -2.40. The average molecular weight is 383 g/mol. The summed E-state index contributed by atoms with van der Waals surface area (Å²) in [5, 5.41) is 3.44. The van der Waals surface area contributed by atoms with Gasteiger partial charge in [0, 0.05) is 28.3 Å². The van der Waals surface area contributed by atoms with Crippen LogP contribution in [0.1, 0.15) is 21.5 Å². The molecule has 0 spiro atoms. The number of rotatable bonds is 2. The predicted octanol–water partition coefficient (Wildman–Crippen LogP) is 3.88. The Bertz CT molecular complexity index is 1050. The van der Waals surface area contributed by atoms with Crippen LogP contribution in [-0.4, -0.2) is 10.5 Å². The Morgan fingerprint density at radius 2 is 2.04 bits per heavy atom. The van der Waals surface area contributed by atoms with Crippen molar-refractivity contribution >= 4 is 38.4 Å². The first-order valence-electron chi connectivity index (χ1n) is 7.77. The number of halogens is 1. The molecule has 0 fully saturated rings. The summed E-state index contributed by atoms with van der Waals surface area (Å²) in [7, 11) is 0. The molecular weight excluding hydrogens is 368 g/mol. The molecule has 1 amide bonds. The summed E-state index contributed by atoms with van der Waals surface area (Å²) < 4.78 is 2.87. The summed E-state index contributed by atoms with van der Waals surface area (Å²) >= 11 is 3.46. The Kier molecular flexibility index (Phi) is 3.53. The van der Waals surface area contributed by atoms with Crippen molar-refractivity contribution in [1.82, 2.24) is 4.57 Å². The third kappa shape index (κ3) is 2.36. The molecule has 3 aromatic rings. The van der Waals surface area contributed by atoms with Crippen LogP contribution in [0.3, 0.4) is 0 Å². The van der Waals surface area contributed by atoms with Gasteiger partial charge in [-0.25, -0.2) is 0 Å². The highest BCUT2D eigenvalue weighted by Gasteiger charge is 2.21. The van der Waals surface area contributed by atoms with Crippen molar-refractivity contribution in [2.45, 2.75) is 19.9 Å². The fourth-order valence-corrected chi connectivity index (χ4v) is 3.77. The number of pyridine rings is 1.